The number of aromatic nitrogens is 3. The summed E-state index contributed by atoms with van der Waals surface area (Å²) >= 11 is 0. The Bertz CT molecular complexity index is 607. The maximum atomic E-state index is 4.44. The SMILES string of the molecule is Cc1cc2ncc(CNCC3CN(C)CCN3C)cn2n1. The quantitative estimate of drug-likeness (QED) is 0.881. The molecule has 114 valence electrons. The Balaban J connectivity index is 1.56. The molecule has 0 spiro atoms. The summed E-state index contributed by atoms with van der Waals surface area (Å²) in [6, 6.07) is 2.57. The number of aryl methyl sites for hydroxylation is 1. The van der Waals surface area contributed by atoms with Gasteiger partial charge in [0.15, 0.2) is 5.65 Å². The molecule has 0 amide bonds. The van der Waals surface area contributed by atoms with Gasteiger partial charge in [-0.05, 0) is 21.0 Å². The fourth-order valence-corrected chi connectivity index (χ4v) is 2.83. The second-order valence-corrected chi connectivity index (χ2v) is 6.08. The van der Waals surface area contributed by atoms with Crippen molar-refractivity contribution >= 4 is 5.65 Å². The molecular formula is C15H24N6. The van der Waals surface area contributed by atoms with E-state index in [0.29, 0.717) is 6.04 Å². The van der Waals surface area contributed by atoms with Crippen LogP contribution in [0.25, 0.3) is 5.65 Å². The van der Waals surface area contributed by atoms with Gasteiger partial charge in [-0.25, -0.2) is 9.50 Å². The Hall–Kier alpha value is -1.50. The molecule has 1 unspecified atom stereocenters. The fourth-order valence-electron chi connectivity index (χ4n) is 2.83. The fraction of sp³-hybridized carbons (Fsp3) is 0.600. The van der Waals surface area contributed by atoms with E-state index >= 15 is 0 Å². The van der Waals surface area contributed by atoms with Gasteiger partial charge in [0, 0.05) is 62.8 Å². The Morgan fingerprint density at radius 3 is 3.05 bits per heavy atom. The van der Waals surface area contributed by atoms with Gasteiger partial charge >= 0.3 is 0 Å². The van der Waals surface area contributed by atoms with Crippen LogP contribution in [0.2, 0.25) is 0 Å². The zero-order valence-electron chi connectivity index (χ0n) is 13.1. The highest BCUT2D eigenvalue weighted by Gasteiger charge is 2.21. The summed E-state index contributed by atoms with van der Waals surface area (Å²) in [7, 11) is 4.40. The molecule has 0 aliphatic carbocycles. The number of hydrogen-bond acceptors (Lipinski definition) is 5. The van der Waals surface area contributed by atoms with Crippen molar-refractivity contribution in [3.63, 3.8) is 0 Å². The molecule has 1 fully saturated rings. The Morgan fingerprint density at radius 1 is 1.33 bits per heavy atom. The van der Waals surface area contributed by atoms with Crippen LogP contribution in [0.15, 0.2) is 18.5 Å². The van der Waals surface area contributed by atoms with Crippen molar-refractivity contribution in [2.45, 2.75) is 19.5 Å². The van der Waals surface area contributed by atoms with E-state index < -0.39 is 0 Å². The van der Waals surface area contributed by atoms with Gasteiger partial charge in [-0.15, -0.1) is 0 Å². The highest BCUT2D eigenvalue weighted by molar-refractivity contribution is 5.38. The molecule has 3 rings (SSSR count). The molecule has 21 heavy (non-hydrogen) atoms. The number of likely N-dealkylation sites (N-methyl/N-ethyl adjacent to an activating group) is 2. The third-order valence-corrected chi connectivity index (χ3v) is 4.18. The van der Waals surface area contributed by atoms with Gasteiger partial charge in [0.05, 0.1) is 5.69 Å². The summed E-state index contributed by atoms with van der Waals surface area (Å²) in [5.41, 5.74) is 3.07. The summed E-state index contributed by atoms with van der Waals surface area (Å²) in [5.74, 6) is 0. The molecule has 6 nitrogen and oxygen atoms in total. The zero-order valence-corrected chi connectivity index (χ0v) is 13.1. The van der Waals surface area contributed by atoms with Gasteiger partial charge in [0.1, 0.15) is 0 Å². The third-order valence-electron chi connectivity index (χ3n) is 4.18. The van der Waals surface area contributed by atoms with Crippen molar-refractivity contribution in [2.24, 2.45) is 0 Å². The lowest BCUT2D eigenvalue weighted by Gasteiger charge is -2.37. The lowest BCUT2D eigenvalue weighted by molar-refractivity contribution is 0.113. The molecule has 2 aromatic heterocycles. The van der Waals surface area contributed by atoms with Gasteiger partial charge in [-0.1, -0.05) is 0 Å². The van der Waals surface area contributed by atoms with E-state index in [1.807, 2.05) is 23.7 Å². The standard InChI is InChI=1S/C15H24N6/c1-12-6-15-17-8-13(10-21(15)18-12)7-16-9-14-11-19(2)4-5-20(14)3/h6,8,10,14,16H,4-5,7,9,11H2,1-3H3. The van der Waals surface area contributed by atoms with E-state index in [1.54, 1.807) is 0 Å². The number of rotatable bonds is 4. The first-order chi connectivity index (χ1) is 10.1. The van der Waals surface area contributed by atoms with E-state index in [4.69, 9.17) is 0 Å². The highest BCUT2D eigenvalue weighted by Crippen LogP contribution is 2.07. The number of hydrogen-bond donors (Lipinski definition) is 1. The first-order valence-corrected chi connectivity index (χ1v) is 7.52. The van der Waals surface area contributed by atoms with Crippen molar-refractivity contribution in [3.05, 3.63) is 29.7 Å². The summed E-state index contributed by atoms with van der Waals surface area (Å²) in [6.45, 7) is 7.24. The molecule has 0 saturated carbocycles. The summed E-state index contributed by atoms with van der Waals surface area (Å²) in [6.07, 6.45) is 3.99. The van der Waals surface area contributed by atoms with E-state index in [9.17, 15) is 0 Å². The number of nitrogens with zero attached hydrogens (tertiary/aromatic N) is 5. The predicted octanol–water partition coefficient (Wildman–Crippen LogP) is 0.373. The molecular weight excluding hydrogens is 264 g/mol. The van der Waals surface area contributed by atoms with Crippen molar-refractivity contribution in [3.8, 4) is 0 Å². The second kappa shape index (κ2) is 6.09. The van der Waals surface area contributed by atoms with Crippen LogP contribution in [0.3, 0.4) is 0 Å². The Labute approximate surface area is 125 Å². The minimum Gasteiger partial charge on any atom is -0.311 e. The van der Waals surface area contributed by atoms with Crippen molar-refractivity contribution < 1.29 is 0 Å². The van der Waals surface area contributed by atoms with Gasteiger partial charge in [0.25, 0.3) is 0 Å². The molecule has 0 bridgehead atoms. The molecule has 3 heterocycles. The molecule has 0 aromatic carbocycles. The van der Waals surface area contributed by atoms with Gasteiger partial charge in [-0.2, -0.15) is 5.10 Å². The van der Waals surface area contributed by atoms with Gasteiger partial charge in [-0.3, -0.25) is 4.90 Å². The molecule has 1 saturated heterocycles. The van der Waals surface area contributed by atoms with E-state index in [2.05, 4.69) is 45.5 Å². The van der Waals surface area contributed by atoms with E-state index in [-0.39, 0.29) is 0 Å². The number of piperazine rings is 1. The maximum Gasteiger partial charge on any atom is 0.155 e. The van der Waals surface area contributed by atoms with Crippen LogP contribution in [0.1, 0.15) is 11.3 Å². The van der Waals surface area contributed by atoms with E-state index in [0.717, 1.165) is 49.6 Å². The second-order valence-electron chi connectivity index (χ2n) is 6.08. The smallest absolute Gasteiger partial charge is 0.155 e. The van der Waals surface area contributed by atoms with Crippen molar-refractivity contribution in [2.75, 3.05) is 40.3 Å². The van der Waals surface area contributed by atoms with Crippen LogP contribution in [-0.4, -0.2) is 70.7 Å². The normalized spacial score (nSPS) is 21.2. The monoisotopic (exact) mass is 288 g/mol. The topological polar surface area (TPSA) is 48.7 Å². The molecule has 1 aliphatic heterocycles. The summed E-state index contributed by atoms with van der Waals surface area (Å²) < 4.78 is 1.85. The minimum absolute atomic E-state index is 0.576. The van der Waals surface area contributed by atoms with Gasteiger partial charge in [0.2, 0.25) is 0 Å². The minimum atomic E-state index is 0.576. The first kappa shape index (κ1) is 14.4. The molecule has 1 N–H and O–H groups in total. The average molecular weight is 288 g/mol. The van der Waals surface area contributed by atoms with Crippen molar-refractivity contribution in [1.29, 1.82) is 0 Å². The van der Waals surface area contributed by atoms with E-state index in [1.165, 1.54) is 0 Å². The Kier molecular flexibility index (Phi) is 4.19. The van der Waals surface area contributed by atoms with Crippen LogP contribution in [-0.2, 0) is 6.54 Å². The van der Waals surface area contributed by atoms with Crippen LogP contribution >= 0.6 is 0 Å². The molecule has 1 aliphatic rings. The molecule has 1 atom stereocenters. The number of nitrogens with one attached hydrogen (secondary N) is 1. The molecule has 0 radical (unpaired) electrons. The lowest BCUT2D eigenvalue weighted by Crippen LogP contribution is -2.53. The maximum absolute atomic E-state index is 4.44. The van der Waals surface area contributed by atoms with Crippen LogP contribution in [0, 0.1) is 6.92 Å². The molecule has 2 aromatic rings. The number of fused-ring (bicyclic) bond motifs is 1. The summed E-state index contributed by atoms with van der Waals surface area (Å²) in [5, 5.41) is 7.95. The van der Waals surface area contributed by atoms with Crippen LogP contribution in [0.4, 0.5) is 0 Å². The lowest BCUT2D eigenvalue weighted by atomic mass is 10.2. The first-order valence-electron chi connectivity index (χ1n) is 7.52. The Morgan fingerprint density at radius 2 is 2.19 bits per heavy atom. The highest BCUT2D eigenvalue weighted by atomic mass is 15.3. The average Bonchev–Trinajstić information content (AvgIpc) is 2.82. The largest absolute Gasteiger partial charge is 0.311 e. The zero-order chi connectivity index (χ0) is 14.8. The van der Waals surface area contributed by atoms with Crippen LogP contribution in [0.5, 0.6) is 0 Å². The predicted molar refractivity (Wildman–Crippen MR) is 83.3 cm³/mol. The van der Waals surface area contributed by atoms with Gasteiger partial charge < -0.3 is 10.2 Å². The third kappa shape index (κ3) is 3.40. The van der Waals surface area contributed by atoms with Crippen LogP contribution < -0.4 is 5.32 Å². The summed E-state index contributed by atoms with van der Waals surface area (Å²) in [4.78, 5) is 9.27. The van der Waals surface area contributed by atoms with Crippen molar-refractivity contribution in [1.82, 2.24) is 29.7 Å². The molecule has 6 heteroatoms.